The maximum Gasteiger partial charge on any atom is 0.424 e. The molecule has 0 fully saturated rings. The van der Waals surface area contributed by atoms with Crippen LogP contribution in [0.2, 0.25) is 0 Å². The first-order valence-electron chi connectivity index (χ1n) is 9.05. The number of ether oxygens (including phenoxy) is 1. The average molecular weight is 499 g/mol. The Morgan fingerprint density at radius 1 is 1.19 bits per heavy atom. The second-order valence-corrected chi connectivity index (χ2v) is 7.58. The first-order chi connectivity index (χ1) is 14.6. The summed E-state index contributed by atoms with van der Waals surface area (Å²) in [5.41, 5.74) is -3.06. The average Bonchev–Trinajstić information content (AvgIpc) is 3.15. The number of carbonyl (C=O) groups excluding carboxylic acids is 1. The Labute approximate surface area is 184 Å². The van der Waals surface area contributed by atoms with Crippen LogP contribution in [0.25, 0.3) is 0 Å². The van der Waals surface area contributed by atoms with Crippen molar-refractivity contribution >= 4 is 21.8 Å². The first kappa shape index (κ1) is 22.8. The van der Waals surface area contributed by atoms with Gasteiger partial charge in [-0.05, 0) is 30.3 Å². The molecule has 1 amide bonds. The number of aliphatic hydroxyl groups is 1. The second-order valence-electron chi connectivity index (χ2n) is 6.67. The van der Waals surface area contributed by atoms with Crippen LogP contribution in [-0.4, -0.2) is 38.3 Å². The van der Waals surface area contributed by atoms with Gasteiger partial charge in [0.05, 0.1) is 5.56 Å². The van der Waals surface area contributed by atoms with Crippen molar-refractivity contribution in [3.05, 3.63) is 70.8 Å². The van der Waals surface area contributed by atoms with Crippen LogP contribution in [0, 0.1) is 0 Å². The number of aromatic nitrogens is 3. The van der Waals surface area contributed by atoms with Crippen molar-refractivity contribution in [3.8, 4) is 11.6 Å². The Balaban J connectivity index is 1.61. The van der Waals surface area contributed by atoms with Gasteiger partial charge in [0, 0.05) is 49.1 Å². The minimum absolute atomic E-state index is 0.135. The van der Waals surface area contributed by atoms with Crippen LogP contribution in [0.5, 0.6) is 11.6 Å². The summed E-state index contributed by atoms with van der Waals surface area (Å²) in [6.07, 6.45) is -2.06. The Morgan fingerprint density at radius 3 is 2.45 bits per heavy atom. The number of hydrogen-bond donors (Lipinski definition) is 2. The lowest BCUT2D eigenvalue weighted by atomic mass is 9.97. The lowest BCUT2D eigenvalue weighted by molar-refractivity contribution is -0.272. The van der Waals surface area contributed by atoms with Crippen molar-refractivity contribution in [1.82, 2.24) is 19.9 Å². The normalized spacial score (nSPS) is 13.5. The van der Waals surface area contributed by atoms with Crippen LogP contribution in [0.1, 0.15) is 22.6 Å². The third kappa shape index (κ3) is 5.23. The van der Waals surface area contributed by atoms with Gasteiger partial charge in [0.1, 0.15) is 11.6 Å². The largest absolute Gasteiger partial charge is 0.439 e. The summed E-state index contributed by atoms with van der Waals surface area (Å²) in [6.45, 7) is -0.432. The molecule has 2 heterocycles. The molecule has 164 valence electrons. The van der Waals surface area contributed by atoms with Crippen LogP contribution >= 0.6 is 15.9 Å². The third-order valence-electron chi connectivity index (χ3n) is 4.47. The minimum Gasteiger partial charge on any atom is -0.439 e. The van der Waals surface area contributed by atoms with E-state index in [4.69, 9.17) is 4.74 Å². The van der Waals surface area contributed by atoms with Crippen LogP contribution in [0.3, 0.4) is 0 Å². The fraction of sp³-hybridized carbons (Fsp3) is 0.250. The monoisotopic (exact) mass is 498 g/mol. The molecule has 31 heavy (non-hydrogen) atoms. The first-order valence-corrected chi connectivity index (χ1v) is 9.84. The Kier molecular flexibility index (Phi) is 6.65. The topological polar surface area (TPSA) is 89.3 Å². The summed E-state index contributed by atoms with van der Waals surface area (Å²) < 4.78 is 48.0. The number of benzene rings is 1. The lowest BCUT2D eigenvalue weighted by Gasteiger charge is -2.29. The number of halogens is 4. The predicted molar refractivity (Wildman–Crippen MR) is 109 cm³/mol. The Bertz CT molecular complexity index is 1040. The fourth-order valence-electron chi connectivity index (χ4n) is 2.80. The summed E-state index contributed by atoms with van der Waals surface area (Å²) in [7, 11) is 1.35. The number of amides is 1. The number of nitrogens with one attached hydrogen (secondary N) is 1. The SMILES string of the molecule is Cn1ccnc1C(O)(CCNC(=O)c1ccc(Oc2ccc(Br)cc2)nc1)C(F)(F)F. The molecule has 0 aliphatic heterocycles. The number of pyridine rings is 1. The van der Waals surface area contributed by atoms with E-state index in [0.29, 0.717) is 5.75 Å². The Morgan fingerprint density at radius 2 is 1.90 bits per heavy atom. The zero-order valence-electron chi connectivity index (χ0n) is 16.2. The number of alkyl halides is 3. The van der Waals surface area contributed by atoms with Gasteiger partial charge in [0.25, 0.3) is 5.91 Å². The minimum atomic E-state index is -4.97. The van der Waals surface area contributed by atoms with Crippen LogP contribution < -0.4 is 10.1 Å². The third-order valence-corrected chi connectivity index (χ3v) is 5.00. The summed E-state index contributed by atoms with van der Waals surface area (Å²) in [5.74, 6) is -0.383. The van der Waals surface area contributed by atoms with Crippen LogP contribution in [-0.2, 0) is 12.6 Å². The summed E-state index contributed by atoms with van der Waals surface area (Å²) in [5, 5.41) is 12.6. The molecular formula is C20H18BrF3N4O3. The smallest absolute Gasteiger partial charge is 0.424 e. The van der Waals surface area contributed by atoms with Gasteiger partial charge in [-0.2, -0.15) is 13.2 Å². The molecule has 0 radical (unpaired) electrons. The van der Waals surface area contributed by atoms with Crippen molar-refractivity contribution in [1.29, 1.82) is 0 Å². The van der Waals surface area contributed by atoms with E-state index in [1.54, 1.807) is 24.3 Å². The molecule has 3 rings (SSSR count). The number of carbonyl (C=O) groups is 1. The zero-order valence-corrected chi connectivity index (χ0v) is 17.8. The molecule has 1 aromatic carbocycles. The molecule has 3 aromatic rings. The molecule has 0 aliphatic rings. The standard InChI is InChI=1S/C20H18BrF3N4O3/c1-28-11-10-26-18(28)19(30,20(22,23)24)8-9-25-17(29)13-2-7-16(27-12-13)31-15-5-3-14(21)4-6-15/h2-7,10-12,30H,8-9H2,1H3,(H,25,29). The lowest BCUT2D eigenvalue weighted by Crippen LogP contribution is -2.46. The van der Waals surface area contributed by atoms with E-state index in [2.05, 4.69) is 31.2 Å². The van der Waals surface area contributed by atoms with Crippen molar-refractivity contribution in [3.63, 3.8) is 0 Å². The molecule has 2 N–H and O–H groups in total. The molecule has 0 aliphatic carbocycles. The molecule has 7 nitrogen and oxygen atoms in total. The van der Waals surface area contributed by atoms with Crippen molar-refractivity contribution in [2.24, 2.45) is 7.05 Å². The van der Waals surface area contributed by atoms with Gasteiger partial charge in [0.2, 0.25) is 11.5 Å². The maximum absolute atomic E-state index is 13.5. The zero-order chi connectivity index (χ0) is 22.6. The van der Waals surface area contributed by atoms with Gasteiger partial charge in [-0.3, -0.25) is 4.79 Å². The van der Waals surface area contributed by atoms with Crippen molar-refractivity contribution in [2.45, 2.75) is 18.2 Å². The Hall–Kier alpha value is -2.92. The van der Waals surface area contributed by atoms with Gasteiger partial charge in [-0.25, -0.2) is 9.97 Å². The quantitative estimate of drug-likeness (QED) is 0.514. The summed E-state index contributed by atoms with van der Waals surface area (Å²) in [6, 6.07) is 9.96. The van der Waals surface area contributed by atoms with E-state index < -0.39 is 36.5 Å². The van der Waals surface area contributed by atoms with Crippen molar-refractivity contribution in [2.75, 3.05) is 6.54 Å². The molecular weight excluding hydrogens is 481 g/mol. The number of hydrogen-bond acceptors (Lipinski definition) is 5. The van der Waals surface area contributed by atoms with Gasteiger partial charge < -0.3 is 19.7 Å². The van der Waals surface area contributed by atoms with E-state index in [1.807, 2.05) is 0 Å². The molecule has 2 aromatic heterocycles. The second kappa shape index (κ2) is 9.06. The molecule has 0 saturated carbocycles. The highest BCUT2D eigenvalue weighted by molar-refractivity contribution is 9.10. The molecule has 0 bridgehead atoms. The summed E-state index contributed by atoms with van der Waals surface area (Å²) in [4.78, 5) is 19.9. The van der Waals surface area contributed by atoms with Gasteiger partial charge in [-0.15, -0.1) is 0 Å². The summed E-state index contributed by atoms with van der Waals surface area (Å²) >= 11 is 3.32. The number of imidazole rings is 1. The van der Waals surface area contributed by atoms with Gasteiger partial charge >= 0.3 is 6.18 Å². The number of aryl methyl sites for hydroxylation is 1. The molecule has 1 unspecified atom stereocenters. The van der Waals surface area contributed by atoms with Crippen molar-refractivity contribution < 1.29 is 27.8 Å². The van der Waals surface area contributed by atoms with Gasteiger partial charge in [-0.1, -0.05) is 15.9 Å². The molecule has 0 saturated heterocycles. The fourth-order valence-corrected chi connectivity index (χ4v) is 3.07. The molecule has 1 atom stereocenters. The number of nitrogens with zero attached hydrogens (tertiary/aromatic N) is 3. The van der Waals surface area contributed by atoms with Crippen LogP contribution in [0.15, 0.2) is 59.5 Å². The predicted octanol–water partition coefficient (Wildman–Crippen LogP) is 3.94. The van der Waals surface area contributed by atoms with E-state index in [9.17, 15) is 23.1 Å². The van der Waals surface area contributed by atoms with Gasteiger partial charge in [0.15, 0.2) is 0 Å². The van der Waals surface area contributed by atoms with E-state index in [1.165, 1.54) is 31.6 Å². The highest BCUT2D eigenvalue weighted by Crippen LogP contribution is 2.40. The van der Waals surface area contributed by atoms with E-state index in [-0.39, 0.29) is 11.4 Å². The molecule has 11 heteroatoms. The van der Waals surface area contributed by atoms with E-state index >= 15 is 0 Å². The van der Waals surface area contributed by atoms with Crippen LogP contribution in [0.4, 0.5) is 13.2 Å². The highest BCUT2D eigenvalue weighted by Gasteiger charge is 2.57. The highest BCUT2D eigenvalue weighted by atomic mass is 79.9. The van der Waals surface area contributed by atoms with E-state index in [0.717, 1.165) is 15.2 Å². The molecule has 0 spiro atoms. The number of rotatable bonds is 7. The maximum atomic E-state index is 13.5.